The van der Waals surface area contributed by atoms with Crippen LogP contribution in [0.15, 0.2) is 35.7 Å². The molecule has 1 aromatic carbocycles. The molecule has 90 valence electrons. The summed E-state index contributed by atoms with van der Waals surface area (Å²) < 4.78 is 0. The normalized spacial score (nSPS) is 12.6. The first kappa shape index (κ1) is 12.3. The molecule has 0 amide bonds. The van der Waals surface area contributed by atoms with Gasteiger partial charge in [-0.2, -0.15) is 0 Å². The van der Waals surface area contributed by atoms with Gasteiger partial charge >= 0.3 is 0 Å². The van der Waals surface area contributed by atoms with Crippen molar-refractivity contribution in [2.75, 3.05) is 0 Å². The fraction of sp³-hybridized carbons (Fsp3) is 0.333. The van der Waals surface area contributed by atoms with E-state index in [2.05, 4.69) is 61.8 Å². The number of benzene rings is 1. The molecule has 0 aliphatic carbocycles. The van der Waals surface area contributed by atoms with Crippen molar-refractivity contribution in [2.45, 2.75) is 33.4 Å². The second-order valence-electron chi connectivity index (χ2n) is 4.48. The maximum absolute atomic E-state index is 3.58. The first-order valence-electron chi connectivity index (χ1n) is 6.00. The smallest absolute Gasteiger partial charge is 0.0388 e. The van der Waals surface area contributed by atoms with Gasteiger partial charge in [-0.1, -0.05) is 24.3 Å². The summed E-state index contributed by atoms with van der Waals surface area (Å²) in [6.45, 7) is 7.52. The first-order valence-corrected chi connectivity index (χ1v) is 6.88. The number of nitrogens with one attached hydrogen (secondary N) is 1. The molecule has 1 aromatic heterocycles. The zero-order valence-corrected chi connectivity index (χ0v) is 11.5. The predicted molar refractivity (Wildman–Crippen MR) is 75.5 cm³/mol. The van der Waals surface area contributed by atoms with Gasteiger partial charge in [0.2, 0.25) is 0 Å². The Labute approximate surface area is 108 Å². The van der Waals surface area contributed by atoms with Crippen LogP contribution in [0.1, 0.15) is 34.5 Å². The number of hydrogen-bond acceptors (Lipinski definition) is 2. The van der Waals surface area contributed by atoms with Crippen molar-refractivity contribution in [3.63, 3.8) is 0 Å². The van der Waals surface area contributed by atoms with E-state index < -0.39 is 0 Å². The van der Waals surface area contributed by atoms with Gasteiger partial charge in [0.05, 0.1) is 0 Å². The van der Waals surface area contributed by atoms with Crippen molar-refractivity contribution < 1.29 is 0 Å². The summed E-state index contributed by atoms with van der Waals surface area (Å²) in [5, 5.41) is 5.71. The Hall–Kier alpha value is -1.12. The molecule has 0 aliphatic heterocycles. The Morgan fingerprint density at radius 1 is 1.18 bits per heavy atom. The van der Waals surface area contributed by atoms with Gasteiger partial charge in [0.15, 0.2) is 0 Å². The van der Waals surface area contributed by atoms with E-state index in [0.29, 0.717) is 6.04 Å². The molecular formula is C15H19NS. The van der Waals surface area contributed by atoms with Gasteiger partial charge in [-0.25, -0.2) is 0 Å². The average molecular weight is 245 g/mol. The van der Waals surface area contributed by atoms with Gasteiger partial charge in [-0.15, -0.1) is 11.3 Å². The highest BCUT2D eigenvalue weighted by Gasteiger charge is 2.06. The topological polar surface area (TPSA) is 12.0 Å². The van der Waals surface area contributed by atoms with Crippen molar-refractivity contribution in [1.82, 2.24) is 5.32 Å². The molecule has 1 unspecified atom stereocenters. The number of aryl methyl sites for hydroxylation is 1. The number of hydrogen-bond donors (Lipinski definition) is 1. The summed E-state index contributed by atoms with van der Waals surface area (Å²) >= 11 is 1.81. The van der Waals surface area contributed by atoms with Crippen molar-refractivity contribution in [3.05, 3.63) is 57.3 Å². The fourth-order valence-electron chi connectivity index (χ4n) is 1.90. The lowest BCUT2D eigenvalue weighted by Crippen LogP contribution is -2.17. The molecule has 0 aliphatic rings. The Kier molecular flexibility index (Phi) is 3.97. The van der Waals surface area contributed by atoms with Gasteiger partial charge in [0, 0.05) is 17.5 Å². The largest absolute Gasteiger partial charge is 0.305 e. The third-order valence-electron chi connectivity index (χ3n) is 3.29. The van der Waals surface area contributed by atoms with Crippen molar-refractivity contribution in [3.8, 4) is 0 Å². The maximum atomic E-state index is 3.58. The molecule has 0 fully saturated rings. The lowest BCUT2D eigenvalue weighted by atomic mass is 10.0. The lowest BCUT2D eigenvalue weighted by molar-refractivity contribution is 0.581. The van der Waals surface area contributed by atoms with Gasteiger partial charge in [-0.05, 0) is 48.9 Å². The van der Waals surface area contributed by atoms with Crippen molar-refractivity contribution >= 4 is 11.3 Å². The molecule has 17 heavy (non-hydrogen) atoms. The molecule has 1 atom stereocenters. The van der Waals surface area contributed by atoms with Crippen LogP contribution in [0.3, 0.4) is 0 Å². The Morgan fingerprint density at radius 2 is 2.00 bits per heavy atom. The van der Waals surface area contributed by atoms with E-state index in [-0.39, 0.29) is 0 Å². The third kappa shape index (κ3) is 2.96. The highest BCUT2D eigenvalue weighted by molar-refractivity contribution is 7.10. The van der Waals surface area contributed by atoms with Crippen LogP contribution >= 0.6 is 11.3 Å². The van der Waals surface area contributed by atoms with Crippen LogP contribution in [0.5, 0.6) is 0 Å². The Morgan fingerprint density at radius 3 is 2.71 bits per heavy atom. The summed E-state index contributed by atoms with van der Waals surface area (Å²) in [5.74, 6) is 0. The van der Waals surface area contributed by atoms with Crippen LogP contribution in [-0.4, -0.2) is 0 Å². The van der Waals surface area contributed by atoms with Crippen molar-refractivity contribution in [1.29, 1.82) is 0 Å². The van der Waals surface area contributed by atoms with Crippen LogP contribution in [0, 0.1) is 13.8 Å². The van der Waals surface area contributed by atoms with Gasteiger partial charge in [0.1, 0.15) is 0 Å². The first-order chi connectivity index (χ1) is 8.18. The van der Waals surface area contributed by atoms with E-state index in [9.17, 15) is 0 Å². The monoisotopic (exact) mass is 245 g/mol. The lowest BCUT2D eigenvalue weighted by Gasteiger charge is -2.14. The number of thiophene rings is 1. The van der Waals surface area contributed by atoms with E-state index in [1.54, 1.807) is 0 Å². The van der Waals surface area contributed by atoms with E-state index in [1.807, 2.05) is 11.3 Å². The quantitative estimate of drug-likeness (QED) is 0.850. The molecule has 1 nitrogen and oxygen atoms in total. The highest BCUT2D eigenvalue weighted by atomic mass is 32.1. The van der Waals surface area contributed by atoms with Crippen LogP contribution in [-0.2, 0) is 6.54 Å². The van der Waals surface area contributed by atoms with Gasteiger partial charge < -0.3 is 5.32 Å². The average Bonchev–Trinajstić information content (AvgIpc) is 2.84. The van der Waals surface area contributed by atoms with E-state index >= 15 is 0 Å². The summed E-state index contributed by atoms with van der Waals surface area (Å²) in [7, 11) is 0. The molecule has 0 saturated heterocycles. The minimum Gasteiger partial charge on any atom is -0.305 e. The minimum atomic E-state index is 0.426. The van der Waals surface area contributed by atoms with E-state index in [1.165, 1.54) is 21.6 Å². The predicted octanol–water partition coefficient (Wildman–Crippen LogP) is 4.22. The van der Waals surface area contributed by atoms with Crippen LogP contribution in [0.2, 0.25) is 0 Å². The molecule has 1 N–H and O–H groups in total. The number of rotatable bonds is 4. The fourth-order valence-corrected chi connectivity index (χ4v) is 2.66. The second-order valence-corrected chi connectivity index (χ2v) is 5.46. The molecule has 2 aromatic rings. The Balaban J connectivity index is 2.00. The van der Waals surface area contributed by atoms with Crippen molar-refractivity contribution in [2.24, 2.45) is 0 Å². The van der Waals surface area contributed by atoms with E-state index in [4.69, 9.17) is 0 Å². The third-order valence-corrected chi connectivity index (χ3v) is 4.34. The molecule has 2 rings (SSSR count). The van der Waals surface area contributed by atoms with Crippen LogP contribution < -0.4 is 5.32 Å². The summed E-state index contributed by atoms with van der Waals surface area (Å²) in [4.78, 5) is 1.40. The zero-order chi connectivity index (χ0) is 12.3. The summed E-state index contributed by atoms with van der Waals surface area (Å²) in [6, 6.07) is 11.2. The zero-order valence-electron chi connectivity index (χ0n) is 10.7. The molecule has 0 radical (unpaired) electrons. The second kappa shape index (κ2) is 5.48. The molecule has 2 heteroatoms. The molecule has 0 spiro atoms. The Bertz CT molecular complexity index is 474. The van der Waals surface area contributed by atoms with E-state index in [0.717, 1.165) is 6.54 Å². The van der Waals surface area contributed by atoms with Gasteiger partial charge in [0.25, 0.3) is 0 Å². The molecule has 1 heterocycles. The van der Waals surface area contributed by atoms with Crippen LogP contribution in [0.25, 0.3) is 0 Å². The minimum absolute atomic E-state index is 0.426. The molecular weight excluding hydrogens is 226 g/mol. The maximum Gasteiger partial charge on any atom is 0.0388 e. The highest BCUT2D eigenvalue weighted by Crippen LogP contribution is 2.19. The summed E-state index contributed by atoms with van der Waals surface area (Å²) in [6.07, 6.45) is 0. The van der Waals surface area contributed by atoms with Crippen LogP contribution in [0.4, 0.5) is 0 Å². The SMILES string of the molecule is Cc1cccc(CNC(C)c2cccs2)c1C. The summed E-state index contributed by atoms with van der Waals surface area (Å²) in [5.41, 5.74) is 4.17. The molecule has 0 saturated carbocycles. The van der Waals surface area contributed by atoms with Gasteiger partial charge in [-0.3, -0.25) is 0 Å². The standard InChI is InChI=1S/C15H19NS/c1-11-6-4-7-14(12(11)2)10-16-13(3)15-8-5-9-17-15/h4-9,13,16H,10H2,1-3H3. The molecule has 0 bridgehead atoms.